The van der Waals surface area contributed by atoms with Gasteiger partial charge in [0.05, 0.1) is 0 Å². The van der Waals surface area contributed by atoms with Crippen molar-refractivity contribution >= 4 is 5.84 Å². The van der Waals surface area contributed by atoms with E-state index in [-0.39, 0.29) is 11.7 Å². The van der Waals surface area contributed by atoms with Gasteiger partial charge in [-0.3, -0.25) is 0 Å². The number of halogens is 1. The van der Waals surface area contributed by atoms with Gasteiger partial charge in [0.2, 0.25) is 0 Å². The van der Waals surface area contributed by atoms with Gasteiger partial charge in [-0.05, 0) is 29.8 Å². The van der Waals surface area contributed by atoms with E-state index in [2.05, 4.69) is 5.16 Å². The Bertz CT molecular complexity index is 565. The number of hydrogen-bond donors (Lipinski definition) is 2. The minimum absolute atomic E-state index is 0.0611. The predicted octanol–water partition coefficient (Wildman–Crippen LogP) is 2.50. The third-order valence-corrected chi connectivity index (χ3v) is 2.58. The second-order valence-electron chi connectivity index (χ2n) is 3.92. The van der Waals surface area contributed by atoms with Crippen LogP contribution in [0.1, 0.15) is 11.1 Å². The molecule has 0 spiro atoms. The molecule has 0 amide bonds. The van der Waals surface area contributed by atoms with E-state index < -0.39 is 0 Å². The molecule has 0 aliphatic carbocycles. The Hall–Kier alpha value is -2.56. The zero-order valence-electron chi connectivity index (χ0n) is 10.1. The molecular formula is C14H13FN2O2. The van der Waals surface area contributed by atoms with Gasteiger partial charge in [0.15, 0.2) is 5.84 Å². The highest BCUT2D eigenvalue weighted by atomic mass is 19.1. The Morgan fingerprint density at radius 2 is 1.74 bits per heavy atom. The number of benzene rings is 2. The zero-order valence-corrected chi connectivity index (χ0v) is 10.1. The standard InChI is InChI=1S/C14H13FN2O2/c15-12-5-7-13(8-6-12)19-9-10-1-3-11(4-2-10)14(16)17-18/h1-8,18H,9H2,(H2,16,17). The fourth-order valence-electron chi connectivity index (χ4n) is 1.53. The molecule has 2 rings (SSSR count). The van der Waals surface area contributed by atoms with E-state index in [4.69, 9.17) is 15.7 Å². The van der Waals surface area contributed by atoms with Crippen LogP contribution in [0.5, 0.6) is 5.75 Å². The maximum absolute atomic E-state index is 12.7. The van der Waals surface area contributed by atoms with Crippen molar-refractivity contribution in [2.75, 3.05) is 0 Å². The quantitative estimate of drug-likeness (QED) is 0.384. The Morgan fingerprint density at radius 3 is 2.32 bits per heavy atom. The average Bonchev–Trinajstić information content (AvgIpc) is 2.46. The lowest BCUT2D eigenvalue weighted by atomic mass is 10.1. The molecule has 0 aromatic heterocycles. The van der Waals surface area contributed by atoms with E-state index in [9.17, 15) is 4.39 Å². The van der Waals surface area contributed by atoms with E-state index in [1.807, 2.05) is 12.1 Å². The van der Waals surface area contributed by atoms with Gasteiger partial charge in [0, 0.05) is 5.56 Å². The molecule has 0 heterocycles. The molecule has 2 aromatic carbocycles. The number of nitrogens with two attached hydrogens (primary N) is 1. The molecule has 0 bridgehead atoms. The van der Waals surface area contributed by atoms with E-state index in [1.165, 1.54) is 12.1 Å². The summed E-state index contributed by atoms with van der Waals surface area (Å²) in [6.07, 6.45) is 0. The van der Waals surface area contributed by atoms with E-state index in [0.29, 0.717) is 17.9 Å². The number of hydrogen-bond acceptors (Lipinski definition) is 3. The Morgan fingerprint density at radius 1 is 1.11 bits per heavy atom. The molecule has 19 heavy (non-hydrogen) atoms. The predicted molar refractivity (Wildman–Crippen MR) is 69.7 cm³/mol. The van der Waals surface area contributed by atoms with Crippen molar-refractivity contribution in [1.82, 2.24) is 0 Å². The first-order valence-electron chi connectivity index (χ1n) is 5.64. The second-order valence-corrected chi connectivity index (χ2v) is 3.92. The highest BCUT2D eigenvalue weighted by Gasteiger charge is 2.00. The van der Waals surface area contributed by atoms with Gasteiger partial charge in [0.25, 0.3) is 0 Å². The fraction of sp³-hybridized carbons (Fsp3) is 0.0714. The number of nitrogens with zero attached hydrogens (tertiary/aromatic N) is 1. The van der Waals surface area contributed by atoms with Crippen LogP contribution >= 0.6 is 0 Å². The van der Waals surface area contributed by atoms with Crippen LogP contribution < -0.4 is 10.5 Å². The monoisotopic (exact) mass is 260 g/mol. The first-order valence-corrected chi connectivity index (χ1v) is 5.64. The second kappa shape index (κ2) is 5.86. The van der Waals surface area contributed by atoms with Gasteiger partial charge < -0.3 is 15.7 Å². The molecule has 98 valence electrons. The summed E-state index contributed by atoms with van der Waals surface area (Å²) < 4.78 is 18.2. The third-order valence-electron chi connectivity index (χ3n) is 2.58. The maximum atomic E-state index is 12.7. The van der Waals surface area contributed by atoms with Gasteiger partial charge in [-0.15, -0.1) is 0 Å². The summed E-state index contributed by atoms with van der Waals surface area (Å²) in [5.74, 6) is 0.364. The zero-order chi connectivity index (χ0) is 13.7. The summed E-state index contributed by atoms with van der Waals surface area (Å²) in [5, 5.41) is 11.5. The summed E-state index contributed by atoms with van der Waals surface area (Å²) in [6, 6.07) is 12.9. The van der Waals surface area contributed by atoms with E-state index in [0.717, 1.165) is 5.56 Å². The minimum atomic E-state index is -0.296. The minimum Gasteiger partial charge on any atom is -0.489 e. The number of rotatable bonds is 4. The van der Waals surface area contributed by atoms with Gasteiger partial charge in [0.1, 0.15) is 18.2 Å². The largest absolute Gasteiger partial charge is 0.489 e. The Labute approximate surface area is 109 Å². The van der Waals surface area contributed by atoms with Crippen LogP contribution in [-0.2, 0) is 6.61 Å². The summed E-state index contributed by atoms with van der Waals surface area (Å²) in [4.78, 5) is 0. The average molecular weight is 260 g/mol. The van der Waals surface area contributed by atoms with Crippen molar-refractivity contribution in [3.8, 4) is 5.75 Å². The number of ether oxygens (including phenoxy) is 1. The van der Waals surface area contributed by atoms with E-state index in [1.54, 1.807) is 24.3 Å². The van der Waals surface area contributed by atoms with Crippen LogP contribution in [0.15, 0.2) is 53.7 Å². The lowest BCUT2D eigenvalue weighted by Gasteiger charge is -2.06. The summed E-state index contributed by atoms with van der Waals surface area (Å²) >= 11 is 0. The SMILES string of the molecule is N/C(=N\O)c1ccc(COc2ccc(F)cc2)cc1. The Kier molecular flexibility index (Phi) is 3.97. The fourth-order valence-corrected chi connectivity index (χ4v) is 1.53. The van der Waals surface area contributed by atoms with Crippen LogP contribution in [-0.4, -0.2) is 11.0 Å². The molecule has 3 N–H and O–H groups in total. The molecule has 0 saturated carbocycles. The van der Waals surface area contributed by atoms with Gasteiger partial charge in [-0.2, -0.15) is 0 Å². The molecule has 4 nitrogen and oxygen atoms in total. The Balaban J connectivity index is 1.98. The van der Waals surface area contributed by atoms with Crippen molar-refractivity contribution in [3.63, 3.8) is 0 Å². The molecular weight excluding hydrogens is 247 g/mol. The normalized spacial score (nSPS) is 11.3. The third kappa shape index (κ3) is 3.45. The van der Waals surface area contributed by atoms with Gasteiger partial charge >= 0.3 is 0 Å². The van der Waals surface area contributed by atoms with Crippen molar-refractivity contribution in [2.24, 2.45) is 10.9 Å². The van der Waals surface area contributed by atoms with Crippen LogP contribution in [0.25, 0.3) is 0 Å². The van der Waals surface area contributed by atoms with Crippen LogP contribution in [0, 0.1) is 5.82 Å². The highest BCUT2D eigenvalue weighted by molar-refractivity contribution is 5.96. The van der Waals surface area contributed by atoms with Crippen molar-refractivity contribution in [1.29, 1.82) is 0 Å². The molecule has 0 aliphatic heterocycles. The molecule has 0 saturated heterocycles. The lowest BCUT2D eigenvalue weighted by Crippen LogP contribution is -2.12. The molecule has 2 aromatic rings. The van der Waals surface area contributed by atoms with Gasteiger partial charge in [-0.25, -0.2) is 4.39 Å². The molecule has 0 atom stereocenters. The molecule has 0 unspecified atom stereocenters. The first-order chi connectivity index (χ1) is 9.19. The first kappa shape index (κ1) is 12.9. The van der Waals surface area contributed by atoms with Gasteiger partial charge in [-0.1, -0.05) is 29.4 Å². The van der Waals surface area contributed by atoms with Crippen LogP contribution in [0.3, 0.4) is 0 Å². The molecule has 0 radical (unpaired) electrons. The summed E-state index contributed by atoms with van der Waals surface area (Å²) in [7, 11) is 0. The number of oxime groups is 1. The maximum Gasteiger partial charge on any atom is 0.170 e. The van der Waals surface area contributed by atoms with Crippen molar-refractivity contribution < 1.29 is 14.3 Å². The summed E-state index contributed by atoms with van der Waals surface area (Å²) in [5.41, 5.74) is 7.02. The van der Waals surface area contributed by atoms with Crippen molar-refractivity contribution in [2.45, 2.75) is 6.61 Å². The smallest absolute Gasteiger partial charge is 0.170 e. The van der Waals surface area contributed by atoms with Crippen LogP contribution in [0.4, 0.5) is 4.39 Å². The van der Waals surface area contributed by atoms with E-state index >= 15 is 0 Å². The highest BCUT2D eigenvalue weighted by Crippen LogP contribution is 2.13. The lowest BCUT2D eigenvalue weighted by molar-refractivity contribution is 0.305. The molecule has 0 fully saturated rings. The molecule has 5 heteroatoms. The molecule has 0 aliphatic rings. The van der Waals surface area contributed by atoms with Crippen LogP contribution in [0.2, 0.25) is 0 Å². The summed E-state index contributed by atoms with van der Waals surface area (Å²) in [6.45, 7) is 0.363. The number of amidine groups is 1. The van der Waals surface area contributed by atoms with Crippen molar-refractivity contribution in [3.05, 3.63) is 65.5 Å². The topological polar surface area (TPSA) is 67.8 Å².